The highest BCUT2D eigenvalue weighted by atomic mass is 16.5. The molecule has 0 fully saturated rings. The van der Waals surface area contributed by atoms with E-state index in [0.29, 0.717) is 18.8 Å². The molecular formula is C12H15NO4. The van der Waals surface area contributed by atoms with Gasteiger partial charge in [-0.3, -0.25) is 4.79 Å². The Morgan fingerprint density at radius 1 is 1.41 bits per heavy atom. The second-order valence-corrected chi connectivity index (χ2v) is 4.14. The Hall–Kier alpha value is -1.43. The molecule has 0 bridgehead atoms. The molecular weight excluding hydrogens is 222 g/mol. The van der Waals surface area contributed by atoms with E-state index in [2.05, 4.69) is 0 Å². The van der Waals surface area contributed by atoms with Crippen molar-refractivity contribution in [2.24, 2.45) is 5.73 Å². The minimum absolute atomic E-state index is 0.542. The molecule has 5 nitrogen and oxygen atoms in total. The molecule has 0 saturated carbocycles. The zero-order valence-corrected chi connectivity index (χ0v) is 9.30. The third kappa shape index (κ3) is 2.46. The Morgan fingerprint density at radius 3 is 2.88 bits per heavy atom. The SMILES string of the molecule is NC(C(=O)O)C(O)c1ccc2c(c1)CCOC2. The van der Waals surface area contributed by atoms with Gasteiger partial charge in [-0.15, -0.1) is 0 Å². The second-order valence-electron chi connectivity index (χ2n) is 4.14. The highest BCUT2D eigenvalue weighted by Crippen LogP contribution is 2.23. The summed E-state index contributed by atoms with van der Waals surface area (Å²) < 4.78 is 5.30. The molecule has 5 heteroatoms. The molecule has 0 amide bonds. The van der Waals surface area contributed by atoms with Gasteiger partial charge in [-0.2, -0.15) is 0 Å². The number of fused-ring (bicyclic) bond motifs is 1. The molecule has 17 heavy (non-hydrogen) atoms. The first-order chi connectivity index (χ1) is 8.09. The van der Waals surface area contributed by atoms with E-state index in [-0.39, 0.29) is 0 Å². The number of ether oxygens (including phenoxy) is 1. The molecule has 4 N–H and O–H groups in total. The smallest absolute Gasteiger partial charge is 0.323 e. The number of aliphatic hydroxyl groups is 1. The maximum Gasteiger partial charge on any atom is 0.323 e. The predicted octanol–water partition coefficient (Wildman–Crippen LogP) is 0.205. The largest absolute Gasteiger partial charge is 0.480 e. The zero-order chi connectivity index (χ0) is 12.4. The summed E-state index contributed by atoms with van der Waals surface area (Å²) in [6.45, 7) is 1.22. The molecule has 0 aliphatic carbocycles. The molecule has 2 rings (SSSR count). The molecule has 0 saturated heterocycles. The molecule has 2 atom stereocenters. The van der Waals surface area contributed by atoms with Gasteiger partial charge in [0.1, 0.15) is 12.1 Å². The Morgan fingerprint density at radius 2 is 2.18 bits per heavy atom. The fourth-order valence-corrected chi connectivity index (χ4v) is 1.91. The van der Waals surface area contributed by atoms with Gasteiger partial charge in [-0.25, -0.2) is 0 Å². The number of carboxylic acid groups (broad SMARTS) is 1. The summed E-state index contributed by atoms with van der Waals surface area (Å²) in [4.78, 5) is 10.7. The number of carboxylic acids is 1. The molecule has 1 aliphatic heterocycles. The van der Waals surface area contributed by atoms with E-state index in [9.17, 15) is 9.90 Å². The van der Waals surface area contributed by atoms with E-state index in [1.165, 1.54) is 0 Å². The van der Waals surface area contributed by atoms with E-state index in [0.717, 1.165) is 17.5 Å². The van der Waals surface area contributed by atoms with Gasteiger partial charge in [-0.1, -0.05) is 18.2 Å². The summed E-state index contributed by atoms with van der Waals surface area (Å²) in [5.41, 5.74) is 8.10. The number of hydrogen-bond acceptors (Lipinski definition) is 4. The number of benzene rings is 1. The van der Waals surface area contributed by atoms with Crippen LogP contribution in [-0.4, -0.2) is 28.8 Å². The third-order valence-corrected chi connectivity index (χ3v) is 2.97. The number of rotatable bonds is 3. The van der Waals surface area contributed by atoms with Gasteiger partial charge in [0, 0.05) is 0 Å². The van der Waals surface area contributed by atoms with Crippen LogP contribution in [0.5, 0.6) is 0 Å². The lowest BCUT2D eigenvalue weighted by Gasteiger charge is -2.20. The van der Waals surface area contributed by atoms with Crippen molar-refractivity contribution in [3.63, 3.8) is 0 Å². The van der Waals surface area contributed by atoms with Crippen LogP contribution in [0.3, 0.4) is 0 Å². The van der Waals surface area contributed by atoms with E-state index in [1.807, 2.05) is 12.1 Å². The molecule has 1 aliphatic rings. The van der Waals surface area contributed by atoms with Gasteiger partial charge in [0.25, 0.3) is 0 Å². The van der Waals surface area contributed by atoms with Crippen LogP contribution < -0.4 is 5.73 Å². The normalized spacial score (nSPS) is 18.2. The Bertz CT molecular complexity index is 433. The number of nitrogens with two attached hydrogens (primary N) is 1. The van der Waals surface area contributed by atoms with Gasteiger partial charge in [0.15, 0.2) is 0 Å². The maximum atomic E-state index is 10.7. The first kappa shape index (κ1) is 12.0. The van der Waals surface area contributed by atoms with Crippen LogP contribution in [0, 0.1) is 0 Å². The third-order valence-electron chi connectivity index (χ3n) is 2.97. The van der Waals surface area contributed by atoms with E-state index in [1.54, 1.807) is 6.07 Å². The topological polar surface area (TPSA) is 92.8 Å². The number of carbonyl (C=O) groups is 1. The average molecular weight is 237 g/mol. The van der Waals surface area contributed by atoms with Gasteiger partial charge in [-0.05, 0) is 23.1 Å². The molecule has 2 unspecified atom stereocenters. The zero-order valence-electron chi connectivity index (χ0n) is 9.30. The predicted molar refractivity (Wildman–Crippen MR) is 60.4 cm³/mol. The number of hydrogen-bond donors (Lipinski definition) is 3. The Labute approximate surface area is 98.8 Å². The van der Waals surface area contributed by atoms with Crippen molar-refractivity contribution >= 4 is 5.97 Å². The summed E-state index contributed by atoms with van der Waals surface area (Å²) in [5.74, 6) is -1.21. The van der Waals surface area contributed by atoms with Crippen molar-refractivity contribution in [1.82, 2.24) is 0 Å². The molecule has 1 aromatic rings. The van der Waals surface area contributed by atoms with Gasteiger partial charge in [0.2, 0.25) is 0 Å². The van der Waals surface area contributed by atoms with Gasteiger partial charge in [0.05, 0.1) is 13.2 Å². The lowest BCUT2D eigenvalue weighted by molar-refractivity contribution is -0.141. The van der Waals surface area contributed by atoms with Crippen LogP contribution in [0.25, 0.3) is 0 Å². The Balaban J connectivity index is 2.24. The van der Waals surface area contributed by atoms with Crippen molar-refractivity contribution in [3.05, 3.63) is 34.9 Å². The van der Waals surface area contributed by atoms with E-state index in [4.69, 9.17) is 15.6 Å². The fraction of sp³-hybridized carbons (Fsp3) is 0.417. The van der Waals surface area contributed by atoms with E-state index < -0.39 is 18.1 Å². The van der Waals surface area contributed by atoms with Crippen LogP contribution in [0.1, 0.15) is 22.8 Å². The number of aliphatic carboxylic acids is 1. The first-order valence-electron chi connectivity index (χ1n) is 5.45. The van der Waals surface area contributed by atoms with Crippen LogP contribution in [0.15, 0.2) is 18.2 Å². The van der Waals surface area contributed by atoms with Crippen LogP contribution >= 0.6 is 0 Å². The van der Waals surface area contributed by atoms with Gasteiger partial charge < -0.3 is 20.7 Å². The van der Waals surface area contributed by atoms with Crippen LogP contribution in [0.4, 0.5) is 0 Å². The molecule has 0 aromatic heterocycles. The lowest BCUT2D eigenvalue weighted by Crippen LogP contribution is -2.36. The maximum absolute atomic E-state index is 10.7. The van der Waals surface area contributed by atoms with Crippen LogP contribution in [-0.2, 0) is 22.6 Å². The van der Waals surface area contributed by atoms with Crippen LogP contribution in [0.2, 0.25) is 0 Å². The van der Waals surface area contributed by atoms with Crippen molar-refractivity contribution < 1.29 is 19.7 Å². The Kier molecular flexibility index (Phi) is 3.42. The number of aliphatic hydroxyl groups excluding tert-OH is 1. The molecule has 1 aromatic carbocycles. The highest BCUT2D eigenvalue weighted by molar-refractivity contribution is 5.74. The van der Waals surface area contributed by atoms with E-state index >= 15 is 0 Å². The lowest BCUT2D eigenvalue weighted by atomic mass is 9.95. The summed E-state index contributed by atoms with van der Waals surface area (Å²) in [6.07, 6.45) is -0.404. The molecule has 92 valence electrons. The fourth-order valence-electron chi connectivity index (χ4n) is 1.91. The van der Waals surface area contributed by atoms with Crippen molar-refractivity contribution in [1.29, 1.82) is 0 Å². The summed E-state index contributed by atoms with van der Waals surface area (Å²) in [7, 11) is 0. The summed E-state index contributed by atoms with van der Waals surface area (Å²) in [6, 6.07) is 4.06. The molecule has 0 radical (unpaired) electrons. The first-order valence-corrected chi connectivity index (χ1v) is 5.45. The summed E-state index contributed by atoms with van der Waals surface area (Å²) in [5, 5.41) is 18.6. The second kappa shape index (κ2) is 4.83. The minimum atomic E-state index is -1.30. The monoisotopic (exact) mass is 237 g/mol. The molecule has 0 spiro atoms. The molecule has 1 heterocycles. The quantitative estimate of drug-likeness (QED) is 0.698. The van der Waals surface area contributed by atoms with Crippen molar-refractivity contribution in [3.8, 4) is 0 Å². The van der Waals surface area contributed by atoms with Crippen molar-refractivity contribution in [2.75, 3.05) is 6.61 Å². The highest BCUT2D eigenvalue weighted by Gasteiger charge is 2.24. The van der Waals surface area contributed by atoms with Crippen molar-refractivity contribution in [2.45, 2.75) is 25.2 Å². The average Bonchev–Trinajstić information content (AvgIpc) is 2.36. The van der Waals surface area contributed by atoms with Gasteiger partial charge >= 0.3 is 5.97 Å². The summed E-state index contributed by atoms with van der Waals surface area (Å²) >= 11 is 0. The minimum Gasteiger partial charge on any atom is -0.480 e. The standard InChI is InChI=1S/C12H15NO4/c13-10(12(15)16)11(14)8-1-2-9-6-17-4-3-7(9)5-8/h1-2,5,10-11,14H,3-4,6,13H2,(H,15,16).